The third-order valence-electron chi connectivity index (χ3n) is 5.72. The Morgan fingerprint density at radius 2 is 1.96 bits per heavy atom. The maximum absolute atomic E-state index is 13.4. The fraction of sp³-hybridized carbons (Fsp3) is 0.409. The quantitative estimate of drug-likeness (QED) is 0.910. The van der Waals surface area contributed by atoms with E-state index >= 15 is 0 Å². The van der Waals surface area contributed by atoms with Crippen LogP contribution < -0.4 is 5.32 Å². The van der Waals surface area contributed by atoms with Crippen LogP contribution in [0.25, 0.3) is 0 Å². The lowest BCUT2D eigenvalue weighted by Gasteiger charge is -2.38. The highest BCUT2D eigenvalue weighted by Gasteiger charge is 2.32. The molecule has 0 aliphatic carbocycles. The Kier molecular flexibility index (Phi) is 5.02. The van der Waals surface area contributed by atoms with E-state index < -0.39 is 0 Å². The number of fused-ring (bicyclic) bond motifs is 1. The number of hydrogen-bond donors (Lipinski definition) is 1. The maximum atomic E-state index is 13.4. The Balaban J connectivity index is 1.59. The second-order valence-corrected chi connectivity index (χ2v) is 7.39. The minimum absolute atomic E-state index is 0.116. The highest BCUT2D eigenvalue weighted by Crippen LogP contribution is 2.36. The van der Waals surface area contributed by atoms with Crippen molar-refractivity contribution in [1.82, 2.24) is 10.2 Å². The van der Waals surface area contributed by atoms with Crippen molar-refractivity contribution in [2.24, 2.45) is 5.92 Å². The molecule has 2 aromatic rings. The summed E-state index contributed by atoms with van der Waals surface area (Å²) >= 11 is 0. The third kappa shape index (κ3) is 3.51. The molecule has 0 aromatic heterocycles. The van der Waals surface area contributed by atoms with E-state index in [2.05, 4.69) is 17.4 Å². The van der Waals surface area contributed by atoms with Crippen LogP contribution in [0.5, 0.6) is 0 Å². The van der Waals surface area contributed by atoms with Gasteiger partial charge in [-0.3, -0.25) is 4.79 Å². The molecule has 1 fully saturated rings. The molecule has 0 saturated carbocycles. The average molecular weight is 352 g/mol. The lowest BCUT2D eigenvalue weighted by molar-refractivity contribution is -0.133. The summed E-state index contributed by atoms with van der Waals surface area (Å²) in [7, 11) is 0. The van der Waals surface area contributed by atoms with Gasteiger partial charge < -0.3 is 10.2 Å². The number of nitrogens with zero attached hydrogens (tertiary/aromatic N) is 1. The average Bonchev–Trinajstić information content (AvgIpc) is 3.19. The Morgan fingerprint density at radius 1 is 1.15 bits per heavy atom. The first kappa shape index (κ1) is 17.2. The first-order chi connectivity index (χ1) is 12.7. The van der Waals surface area contributed by atoms with Gasteiger partial charge in [-0.05, 0) is 67.1 Å². The summed E-state index contributed by atoms with van der Waals surface area (Å²) in [6.45, 7) is 2.81. The molecule has 4 heteroatoms. The zero-order valence-corrected chi connectivity index (χ0v) is 15.0. The Morgan fingerprint density at radius 3 is 2.73 bits per heavy atom. The molecule has 4 rings (SSSR count). The molecule has 1 N–H and O–H groups in total. The van der Waals surface area contributed by atoms with Crippen LogP contribution in [-0.2, 0) is 11.2 Å². The van der Waals surface area contributed by atoms with Gasteiger partial charge in [-0.2, -0.15) is 0 Å². The van der Waals surface area contributed by atoms with Gasteiger partial charge >= 0.3 is 0 Å². The van der Waals surface area contributed by atoms with Crippen LogP contribution in [-0.4, -0.2) is 30.4 Å². The van der Waals surface area contributed by atoms with E-state index in [0.29, 0.717) is 12.3 Å². The molecule has 0 spiro atoms. The van der Waals surface area contributed by atoms with E-state index in [4.69, 9.17) is 0 Å². The first-order valence-corrected chi connectivity index (χ1v) is 9.56. The topological polar surface area (TPSA) is 32.3 Å². The summed E-state index contributed by atoms with van der Waals surface area (Å²) in [4.78, 5) is 15.0. The normalized spacial score (nSPS) is 22.3. The largest absolute Gasteiger partial charge is 0.331 e. The molecule has 136 valence electrons. The van der Waals surface area contributed by atoms with Crippen LogP contribution in [0.1, 0.15) is 42.0 Å². The number of halogens is 1. The zero-order valence-electron chi connectivity index (χ0n) is 15.0. The molecule has 1 amide bonds. The van der Waals surface area contributed by atoms with E-state index in [1.54, 1.807) is 0 Å². The van der Waals surface area contributed by atoms with Crippen molar-refractivity contribution in [3.05, 3.63) is 71.0 Å². The van der Waals surface area contributed by atoms with Gasteiger partial charge in [0, 0.05) is 13.0 Å². The first-order valence-electron chi connectivity index (χ1n) is 9.56. The molecule has 3 nitrogen and oxygen atoms in total. The number of amides is 1. The fourth-order valence-corrected chi connectivity index (χ4v) is 4.27. The van der Waals surface area contributed by atoms with Gasteiger partial charge in [-0.25, -0.2) is 4.39 Å². The monoisotopic (exact) mass is 352 g/mol. The molecule has 0 unspecified atom stereocenters. The number of benzene rings is 2. The van der Waals surface area contributed by atoms with Crippen molar-refractivity contribution in [3.8, 4) is 0 Å². The summed E-state index contributed by atoms with van der Waals surface area (Å²) in [5.41, 5.74) is 3.43. The molecular weight excluding hydrogens is 327 g/mol. The molecule has 26 heavy (non-hydrogen) atoms. The molecule has 2 heterocycles. The third-order valence-corrected chi connectivity index (χ3v) is 5.72. The van der Waals surface area contributed by atoms with Crippen molar-refractivity contribution in [3.63, 3.8) is 0 Å². The van der Waals surface area contributed by atoms with Crippen LogP contribution in [0.4, 0.5) is 4.39 Å². The number of carbonyl (C=O) groups excluding carboxylic acids is 1. The summed E-state index contributed by atoms with van der Waals surface area (Å²) in [5.74, 6) is 0.575. The highest BCUT2D eigenvalue weighted by molar-refractivity contribution is 5.78. The summed E-state index contributed by atoms with van der Waals surface area (Å²) in [5, 5.41) is 3.37. The van der Waals surface area contributed by atoms with Gasteiger partial charge in [0.25, 0.3) is 0 Å². The van der Waals surface area contributed by atoms with Gasteiger partial charge in [-0.15, -0.1) is 0 Å². The van der Waals surface area contributed by atoms with Crippen LogP contribution in [0.2, 0.25) is 0 Å². The van der Waals surface area contributed by atoms with E-state index in [-0.39, 0.29) is 17.8 Å². The molecule has 0 bridgehead atoms. The maximum Gasteiger partial charge on any atom is 0.223 e. The van der Waals surface area contributed by atoms with Crippen LogP contribution in [0.3, 0.4) is 0 Å². The molecule has 2 aliphatic rings. The number of nitrogens with one attached hydrogen (secondary N) is 1. The minimum Gasteiger partial charge on any atom is -0.331 e. The van der Waals surface area contributed by atoms with E-state index in [0.717, 1.165) is 44.5 Å². The van der Waals surface area contributed by atoms with Crippen molar-refractivity contribution in [2.45, 2.75) is 31.7 Å². The highest BCUT2D eigenvalue weighted by atomic mass is 19.1. The predicted molar refractivity (Wildman–Crippen MR) is 100 cm³/mol. The second kappa shape index (κ2) is 7.58. The Labute approximate surface area is 154 Å². The van der Waals surface area contributed by atoms with Gasteiger partial charge in [0.2, 0.25) is 5.91 Å². The van der Waals surface area contributed by atoms with E-state index in [9.17, 15) is 9.18 Å². The van der Waals surface area contributed by atoms with Crippen molar-refractivity contribution in [2.75, 3.05) is 19.6 Å². The van der Waals surface area contributed by atoms with Crippen LogP contribution in [0, 0.1) is 11.7 Å². The van der Waals surface area contributed by atoms with Gasteiger partial charge in [0.15, 0.2) is 0 Å². The second-order valence-electron chi connectivity index (χ2n) is 7.39. The summed E-state index contributed by atoms with van der Waals surface area (Å²) in [6.07, 6.45) is 3.58. The molecule has 2 aliphatic heterocycles. The summed E-state index contributed by atoms with van der Waals surface area (Å²) in [6, 6.07) is 14.8. The zero-order chi connectivity index (χ0) is 17.9. The minimum atomic E-state index is -0.246. The van der Waals surface area contributed by atoms with Crippen LogP contribution in [0.15, 0.2) is 48.5 Å². The van der Waals surface area contributed by atoms with Gasteiger partial charge in [0.05, 0.1) is 6.04 Å². The molecular formula is C22H25FN2O. The van der Waals surface area contributed by atoms with Crippen molar-refractivity contribution in [1.29, 1.82) is 0 Å². The van der Waals surface area contributed by atoms with Gasteiger partial charge in [0.1, 0.15) is 5.82 Å². The lowest BCUT2D eigenvalue weighted by Crippen LogP contribution is -2.40. The number of carbonyl (C=O) groups is 1. The SMILES string of the molecule is O=C(CC[C@@H]1CCNC1)N1CCc2ccccc2[C@@H]1c1ccc(F)cc1. The number of hydrogen-bond acceptors (Lipinski definition) is 2. The smallest absolute Gasteiger partial charge is 0.223 e. The predicted octanol–water partition coefficient (Wildman–Crippen LogP) is 3.69. The molecule has 2 aromatic carbocycles. The fourth-order valence-electron chi connectivity index (χ4n) is 4.27. The molecule has 1 saturated heterocycles. The van der Waals surface area contributed by atoms with E-state index in [1.807, 2.05) is 29.2 Å². The lowest BCUT2D eigenvalue weighted by atomic mass is 9.87. The van der Waals surface area contributed by atoms with Crippen molar-refractivity contribution >= 4 is 5.91 Å². The molecule has 2 atom stereocenters. The summed E-state index contributed by atoms with van der Waals surface area (Å²) < 4.78 is 13.4. The van der Waals surface area contributed by atoms with E-state index in [1.165, 1.54) is 23.3 Å². The Bertz CT molecular complexity index is 768. The van der Waals surface area contributed by atoms with Crippen molar-refractivity contribution < 1.29 is 9.18 Å². The standard InChI is InChI=1S/C22H25FN2O/c23-19-8-6-18(7-9-19)22-20-4-2-1-3-17(20)12-14-25(22)21(26)10-5-16-11-13-24-15-16/h1-4,6-9,16,22,24H,5,10-15H2/t16-,22+/m1/s1. The van der Waals surface area contributed by atoms with Gasteiger partial charge in [-0.1, -0.05) is 36.4 Å². The van der Waals surface area contributed by atoms with Crippen LogP contribution >= 0.6 is 0 Å². The Hall–Kier alpha value is -2.20. The molecule has 0 radical (unpaired) electrons. The number of rotatable bonds is 4.